The Kier molecular flexibility index (Phi) is 3.20. The summed E-state index contributed by atoms with van der Waals surface area (Å²) in [4.78, 5) is 10.3. The summed E-state index contributed by atoms with van der Waals surface area (Å²) in [6.07, 6.45) is 1.42. The number of aromatic nitrogens is 2. The number of anilines is 1. The smallest absolute Gasteiger partial charge is 0.149 e. The van der Waals surface area contributed by atoms with E-state index in [-0.39, 0.29) is 11.2 Å². The number of benzene rings is 1. The Balaban J connectivity index is 2.48. The number of hydrogen-bond donors (Lipinski definition) is 0. The molecule has 0 N–H and O–H groups in total. The summed E-state index contributed by atoms with van der Waals surface area (Å²) in [6.45, 7) is 7.32. The van der Waals surface area contributed by atoms with Crippen molar-refractivity contribution >= 4 is 16.7 Å². The predicted molar refractivity (Wildman–Crippen MR) is 72.2 cm³/mol. The number of nitrogens with zero attached hydrogens (tertiary/aromatic N) is 3. The molecule has 4 heteroatoms. The van der Waals surface area contributed by atoms with E-state index in [1.54, 1.807) is 6.07 Å². The molecule has 0 spiro atoms. The maximum atomic E-state index is 13.7. The van der Waals surface area contributed by atoms with Crippen molar-refractivity contribution in [3.8, 4) is 0 Å². The first-order chi connectivity index (χ1) is 8.38. The van der Waals surface area contributed by atoms with Gasteiger partial charge in [-0.05, 0) is 17.5 Å². The van der Waals surface area contributed by atoms with Crippen LogP contribution in [0.1, 0.15) is 20.8 Å². The van der Waals surface area contributed by atoms with Crippen LogP contribution in [-0.4, -0.2) is 23.6 Å². The van der Waals surface area contributed by atoms with Gasteiger partial charge in [-0.15, -0.1) is 0 Å². The van der Waals surface area contributed by atoms with Gasteiger partial charge >= 0.3 is 0 Å². The highest BCUT2D eigenvalue weighted by Gasteiger charge is 2.17. The molecule has 0 atom stereocenters. The van der Waals surface area contributed by atoms with Crippen LogP contribution in [0.15, 0.2) is 24.5 Å². The lowest BCUT2D eigenvalue weighted by atomic mass is 9.96. The van der Waals surface area contributed by atoms with Crippen LogP contribution in [-0.2, 0) is 0 Å². The number of para-hydroxylation sites is 1. The fraction of sp³-hybridized carbons (Fsp3) is 0.429. The van der Waals surface area contributed by atoms with Crippen molar-refractivity contribution in [1.29, 1.82) is 0 Å². The minimum atomic E-state index is -0.305. The molecule has 0 radical (unpaired) electrons. The van der Waals surface area contributed by atoms with Crippen LogP contribution in [0, 0.1) is 11.2 Å². The number of hydrogen-bond acceptors (Lipinski definition) is 3. The van der Waals surface area contributed by atoms with E-state index in [4.69, 9.17) is 0 Å². The van der Waals surface area contributed by atoms with Crippen LogP contribution < -0.4 is 4.90 Å². The number of fused-ring (bicyclic) bond motifs is 1. The summed E-state index contributed by atoms with van der Waals surface area (Å²) in [5.41, 5.74) is 0.530. The first-order valence-corrected chi connectivity index (χ1v) is 5.99. The van der Waals surface area contributed by atoms with Crippen LogP contribution in [0.5, 0.6) is 0 Å². The van der Waals surface area contributed by atoms with E-state index < -0.39 is 0 Å². The summed E-state index contributed by atoms with van der Waals surface area (Å²) in [5, 5.41) is 0.754. The summed E-state index contributed by atoms with van der Waals surface area (Å²) in [5.74, 6) is 0.467. The first kappa shape index (κ1) is 12.7. The molecule has 3 nitrogen and oxygen atoms in total. The Labute approximate surface area is 107 Å². The molecule has 0 saturated carbocycles. The molecule has 0 fully saturated rings. The second-order valence-corrected chi connectivity index (χ2v) is 5.75. The van der Waals surface area contributed by atoms with Gasteiger partial charge in [-0.1, -0.05) is 26.8 Å². The molecule has 1 aromatic carbocycles. The summed E-state index contributed by atoms with van der Waals surface area (Å²) >= 11 is 0. The normalized spacial score (nSPS) is 11.8. The minimum Gasteiger partial charge on any atom is -0.359 e. The molecule has 0 unspecified atom stereocenters. The lowest BCUT2D eigenvalue weighted by Crippen LogP contribution is -2.29. The molecule has 0 aliphatic heterocycles. The van der Waals surface area contributed by atoms with Crippen molar-refractivity contribution in [3.05, 3.63) is 30.3 Å². The third-order valence-electron chi connectivity index (χ3n) is 2.67. The largest absolute Gasteiger partial charge is 0.359 e. The van der Waals surface area contributed by atoms with Crippen LogP contribution in [0.2, 0.25) is 0 Å². The Morgan fingerprint density at radius 1 is 1.22 bits per heavy atom. The molecule has 96 valence electrons. The van der Waals surface area contributed by atoms with Crippen molar-refractivity contribution in [2.45, 2.75) is 20.8 Å². The average molecular weight is 247 g/mol. The van der Waals surface area contributed by atoms with Gasteiger partial charge in [-0.2, -0.15) is 0 Å². The molecule has 0 aliphatic rings. The van der Waals surface area contributed by atoms with Crippen LogP contribution in [0.3, 0.4) is 0 Å². The van der Waals surface area contributed by atoms with Gasteiger partial charge in [0.15, 0.2) is 0 Å². The van der Waals surface area contributed by atoms with Gasteiger partial charge in [0.25, 0.3) is 0 Å². The van der Waals surface area contributed by atoms with Crippen molar-refractivity contribution in [1.82, 2.24) is 9.97 Å². The fourth-order valence-corrected chi connectivity index (χ4v) is 2.13. The third-order valence-corrected chi connectivity index (χ3v) is 2.67. The van der Waals surface area contributed by atoms with E-state index in [2.05, 4.69) is 30.7 Å². The maximum Gasteiger partial charge on any atom is 0.149 e. The highest BCUT2D eigenvalue weighted by Crippen LogP contribution is 2.26. The quantitative estimate of drug-likeness (QED) is 0.815. The second kappa shape index (κ2) is 4.52. The highest BCUT2D eigenvalue weighted by atomic mass is 19.1. The Hall–Kier alpha value is -1.71. The van der Waals surface area contributed by atoms with E-state index >= 15 is 0 Å². The van der Waals surface area contributed by atoms with E-state index in [1.807, 2.05) is 18.0 Å². The van der Waals surface area contributed by atoms with Gasteiger partial charge in [0.2, 0.25) is 0 Å². The van der Waals surface area contributed by atoms with Gasteiger partial charge in [0.05, 0.1) is 0 Å². The average Bonchev–Trinajstić information content (AvgIpc) is 2.26. The van der Waals surface area contributed by atoms with Gasteiger partial charge < -0.3 is 4.90 Å². The molecule has 2 aromatic rings. The topological polar surface area (TPSA) is 29.0 Å². The molecule has 1 aromatic heterocycles. The van der Waals surface area contributed by atoms with E-state index in [9.17, 15) is 4.39 Å². The zero-order valence-electron chi connectivity index (χ0n) is 11.2. The summed E-state index contributed by atoms with van der Waals surface area (Å²) < 4.78 is 13.7. The SMILES string of the molecule is CN(CC(C)(C)C)c1ncnc2c(F)cccc12. The molecule has 1 heterocycles. The molecule has 0 amide bonds. The monoisotopic (exact) mass is 247 g/mol. The van der Waals surface area contributed by atoms with Gasteiger partial charge in [-0.25, -0.2) is 14.4 Å². The van der Waals surface area contributed by atoms with Crippen LogP contribution >= 0.6 is 0 Å². The van der Waals surface area contributed by atoms with Crippen molar-refractivity contribution in [2.75, 3.05) is 18.5 Å². The highest BCUT2D eigenvalue weighted by molar-refractivity contribution is 5.89. The standard InChI is InChI=1S/C14H18FN3/c1-14(2,3)8-18(4)13-10-6-5-7-11(15)12(10)16-9-17-13/h5-7,9H,8H2,1-4H3. The Morgan fingerprint density at radius 3 is 2.61 bits per heavy atom. The van der Waals surface area contributed by atoms with E-state index in [0.29, 0.717) is 5.52 Å². The summed E-state index contributed by atoms with van der Waals surface area (Å²) in [7, 11) is 1.97. The second-order valence-electron chi connectivity index (χ2n) is 5.75. The van der Waals surface area contributed by atoms with Crippen molar-refractivity contribution < 1.29 is 4.39 Å². The number of halogens is 1. The zero-order valence-corrected chi connectivity index (χ0v) is 11.2. The minimum absolute atomic E-state index is 0.152. The molecule has 0 aliphatic carbocycles. The predicted octanol–water partition coefficient (Wildman–Crippen LogP) is 3.25. The maximum absolute atomic E-state index is 13.7. The van der Waals surface area contributed by atoms with Crippen molar-refractivity contribution in [2.24, 2.45) is 5.41 Å². The van der Waals surface area contributed by atoms with Crippen LogP contribution in [0.4, 0.5) is 10.2 Å². The Bertz CT molecular complexity index is 560. The van der Waals surface area contributed by atoms with Gasteiger partial charge in [0, 0.05) is 19.0 Å². The first-order valence-electron chi connectivity index (χ1n) is 5.99. The van der Waals surface area contributed by atoms with Crippen LogP contribution in [0.25, 0.3) is 10.9 Å². The molecule has 18 heavy (non-hydrogen) atoms. The molecule has 0 bridgehead atoms. The molecular formula is C14H18FN3. The van der Waals surface area contributed by atoms with Gasteiger partial charge in [0.1, 0.15) is 23.5 Å². The molecular weight excluding hydrogens is 229 g/mol. The summed E-state index contributed by atoms with van der Waals surface area (Å²) in [6, 6.07) is 4.96. The third kappa shape index (κ3) is 2.58. The lowest BCUT2D eigenvalue weighted by Gasteiger charge is -2.28. The van der Waals surface area contributed by atoms with Gasteiger partial charge in [-0.3, -0.25) is 0 Å². The van der Waals surface area contributed by atoms with Crippen molar-refractivity contribution in [3.63, 3.8) is 0 Å². The van der Waals surface area contributed by atoms with E-state index in [0.717, 1.165) is 17.7 Å². The zero-order chi connectivity index (χ0) is 13.3. The molecule has 2 rings (SSSR count). The fourth-order valence-electron chi connectivity index (χ4n) is 2.13. The Morgan fingerprint density at radius 2 is 1.94 bits per heavy atom. The molecule has 0 saturated heterocycles. The van der Waals surface area contributed by atoms with E-state index in [1.165, 1.54) is 12.4 Å². The number of rotatable bonds is 2. The lowest BCUT2D eigenvalue weighted by molar-refractivity contribution is 0.418.